The molecular formula is C24H30N2O5S. The number of sulfonamides is 1. The molecule has 32 heavy (non-hydrogen) atoms. The standard InChI is InChI=1S/C24H30N2O5S/c1-4-30-23-13-18-12-17(3)31-22(18)15-21(23)25-24(27)20-14-19(9-8-16(20)2)32(28,29)26-10-6-5-7-11-26/h8-9,13-15,17H,4-7,10-12H2,1-3H3,(H,25,27)/t17-/m0/s1. The summed E-state index contributed by atoms with van der Waals surface area (Å²) in [5.41, 5.74) is 2.57. The number of ether oxygens (including phenoxy) is 2. The van der Waals surface area contributed by atoms with Crippen molar-refractivity contribution >= 4 is 21.6 Å². The average Bonchev–Trinajstić information content (AvgIpc) is 3.13. The molecule has 2 aromatic carbocycles. The zero-order valence-electron chi connectivity index (χ0n) is 18.8. The van der Waals surface area contributed by atoms with Gasteiger partial charge in [-0.05, 0) is 57.4 Å². The summed E-state index contributed by atoms with van der Waals surface area (Å²) in [5, 5.41) is 2.90. The highest BCUT2D eigenvalue weighted by atomic mass is 32.2. The van der Waals surface area contributed by atoms with Crippen LogP contribution in [0.5, 0.6) is 11.5 Å². The number of carbonyl (C=O) groups excluding carboxylic acids is 1. The first-order valence-electron chi connectivity index (χ1n) is 11.2. The van der Waals surface area contributed by atoms with E-state index < -0.39 is 10.0 Å². The van der Waals surface area contributed by atoms with Gasteiger partial charge in [0.2, 0.25) is 10.0 Å². The first kappa shape index (κ1) is 22.6. The lowest BCUT2D eigenvalue weighted by atomic mass is 10.1. The minimum atomic E-state index is -3.63. The highest BCUT2D eigenvalue weighted by molar-refractivity contribution is 7.89. The number of aryl methyl sites for hydroxylation is 1. The van der Waals surface area contributed by atoms with Gasteiger partial charge in [0.1, 0.15) is 17.6 Å². The fourth-order valence-electron chi connectivity index (χ4n) is 4.26. The number of rotatable bonds is 6. The molecule has 2 aliphatic rings. The van der Waals surface area contributed by atoms with Crippen molar-refractivity contribution in [3.05, 3.63) is 47.0 Å². The lowest BCUT2D eigenvalue weighted by Crippen LogP contribution is -2.35. The van der Waals surface area contributed by atoms with Crippen LogP contribution >= 0.6 is 0 Å². The number of nitrogens with one attached hydrogen (secondary N) is 1. The van der Waals surface area contributed by atoms with E-state index in [9.17, 15) is 13.2 Å². The van der Waals surface area contributed by atoms with Crippen LogP contribution in [0.2, 0.25) is 0 Å². The molecule has 0 spiro atoms. The predicted molar refractivity (Wildman–Crippen MR) is 123 cm³/mol. The number of anilines is 1. The van der Waals surface area contributed by atoms with Crippen molar-refractivity contribution in [2.45, 2.75) is 57.5 Å². The molecule has 0 saturated carbocycles. The van der Waals surface area contributed by atoms with Crippen molar-refractivity contribution in [1.82, 2.24) is 4.31 Å². The molecule has 1 atom stereocenters. The van der Waals surface area contributed by atoms with Crippen molar-refractivity contribution in [1.29, 1.82) is 0 Å². The molecule has 8 heteroatoms. The normalized spacial score (nSPS) is 18.7. The van der Waals surface area contributed by atoms with Crippen molar-refractivity contribution < 1.29 is 22.7 Å². The molecule has 7 nitrogen and oxygen atoms in total. The van der Waals surface area contributed by atoms with Crippen molar-refractivity contribution in [3.8, 4) is 11.5 Å². The van der Waals surface area contributed by atoms with E-state index in [4.69, 9.17) is 9.47 Å². The Hall–Kier alpha value is -2.58. The molecule has 0 aliphatic carbocycles. The van der Waals surface area contributed by atoms with Gasteiger partial charge < -0.3 is 14.8 Å². The summed E-state index contributed by atoms with van der Waals surface area (Å²) in [6.07, 6.45) is 3.62. The minimum Gasteiger partial charge on any atom is -0.492 e. The summed E-state index contributed by atoms with van der Waals surface area (Å²) in [6, 6.07) is 8.42. The molecule has 1 fully saturated rings. The maximum Gasteiger partial charge on any atom is 0.256 e. The smallest absolute Gasteiger partial charge is 0.256 e. The number of hydrogen-bond acceptors (Lipinski definition) is 5. The largest absolute Gasteiger partial charge is 0.492 e. The van der Waals surface area contributed by atoms with E-state index in [0.717, 1.165) is 37.0 Å². The summed E-state index contributed by atoms with van der Waals surface area (Å²) in [6.45, 7) is 7.17. The molecule has 0 aromatic heterocycles. The Morgan fingerprint density at radius 1 is 1.19 bits per heavy atom. The van der Waals surface area contributed by atoms with E-state index in [1.807, 2.05) is 19.9 Å². The quantitative estimate of drug-likeness (QED) is 0.703. The van der Waals surface area contributed by atoms with Crippen LogP contribution in [0.15, 0.2) is 35.2 Å². The third-order valence-electron chi connectivity index (χ3n) is 5.95. The van der Waals surface area contributed by atoms with Crippen LogP contribution in [0, 0.1) is 6.92 Å². The monoisotopic (exact) mass is 458 g/mol. The van der Waals surface area contributed by atoms with E-state index in [0.29, 0.717) is 42.3 Å². The first-order chi connectivity index (χ1) is 15.3. The summed E-state index contributed by atoms with van der Waals surface area (Å²) in [4.78, 5) is 13.3. The zero-order valence-corrected chi connectivity index (χ0v) is 19.6. The molecule has 0 unspecified atom stereocenters. The summed E-state index contributed by atoms with van der Waals surface area (Å²) >= 11 is 0. The van der Waals surface area contributed by atoms with Gasteiger partial charge in [-0.2, -0.15) is 4.31 Å². The van der Waals surface area contributed by atoms with Crippen LogP contribution in [0.3, 0.4) is 0 Å². The average molecular weight is 459 g/mol. The van der Waals surface area contributed by atoms with E-state index in [1.165, 1.54) is 10.4 Å². The van der Waals surface area contributed by atoms with E-state index in [2.05, 4.69) is 5.32 Å². The van der Waals surface area contributed by atoms with E-state index in [-0.39, 0.29) is 16.9 Å². The lowest BCUT2D eigenvalue weighted by molar-refractivity contribution is 0.102. The fourth-order valence-corrected chi connectivity index (χ4v) is 5.81. The maximum absolute atomic E-state index is 13.2. The molecule has 2 heterocycles. The third kappa shape index (κ3) is 4.47. The topological polar surface area (TPSA) is 84.9 Å². The minimum absolute atomic E-state index is 0.0735. The van der Waals surface area contributed by atoms with Crippen molar-refractivity contribution in [3.63, 3.8) is 0 Å². The van der Waals surface area contributed by atoms with E-state index in [1.54, 1.807) is 25.1 Å². The fraction of sp³-hybridized carbons (Fsp3) is 0.458. The molecule has 0 radical (unpaired) electrons. The lowest BCUT2D eigenvalue weighted by Gasteiger charge is -2.26. The second-order valence-electron chi connectivity index (χ2n) is 8.42. The Morgan fingerprint density at radius 2 is 1.94 bits per heavy atom. The molecule has 0 bridgehead atoms. The van der Waals surface area contributed by atoms with Gasteiger partial charge in [-0.3, -0.25) is 4.79 Å². The SMILES string of the molecule is CCOc1cc2c(cc1NC(=O)c1cc(S(=O)(=O)N3CCCCC3)ccc1C)O[C@@H](C)C2. The second-order valence-corrected chi connectivity index (χ2v) is 10.4. The number of benzene rings is 2. The summed E-state index contributed by atoms with van der Waals surface area (Å²) in [5.74, 6) is 0.923. The van der Waals surface area contributed by atoms with Gasteiger partial charge in [0.05, 0.1) is 17.2 Å². The van der Waals surface area contributed by atoms with Gasteiger partial charge >= 0.3 is 0 Å². The van der Waals surface area contributed by atoms with Crippen LogP contribution in [-0.4, -0.2) is 44.4 Å². The van der Waals surface area contributed by atoms with Crippen LogP contribution in [0.25, 0.3) is 0 Å². The molecule has 1 saturated heterocycles. The summed E-state index contributed by atoms with van der Waals surface area (Å²) < 4.78 is 39.3. The number of piperidine rings is 1. The van der Waals surface area contributed by atoms with Crippen molar-refractivity contribution in [2.75, 3.05) is 25.0 Å². The highest BCUT2D eigenvalue weighted by Crippen LogP contribution is 2.38. The molecular weight excluding hydrogens is 428 g/mol. The molecule has 2 aliphatic heterocycles. The Balaban J connectivity index is 1.63. The predicted octanol–water partition coefficient (Wildman–Crippen LogP) is 4.14. The highest BCUT2D eigenvalue weighted by Gasteiger charge is 2.28. The first-order valence-corrected chi connectivity index (χ1v) is 12.6. The maximum atomic E-state index is 13.2. The molecule has 1 amide bonds. The zero-order chi connectivity index (χ0) is 22.9. The Bertz CT molecular complexity index is 1120. The van der Waals surface area contributed by atoms with Gasteiger partial charge in [-0.1, -0.05) is 12.5 Å². The van der Waals surface area contributed by atoms with Crippen LogP contribution in [-0.2, 0) is 16.4 Å². The summed E-state index contributed by atoms with van der Waals surface area (Å²) in [7, 11) is -3.63. The van der Waals surface area contributed by atoms with Gasteiger partial charge in [-0.15, -0.1) is 0 Å². The van der Waals surface area contributed by atoms with Crippen LogP contribution in [0.4, 0.5) is 5.69 Å². The van der Waals surface area contributed by atoms with Gasteiger partial charge in [0.15, 0.2) is 0 Å². The number of amides is 1. The second kappa shape index (κ2) is 9.11. The molecule has 2 aromatic rings. The molecule has 1 N–H and O–H groups in total. The number of carbonyl (C=O) groups is 1. The van der Waals surface area contributed by atoms with Gasteiger partial charge in [0, 0.05) is 36.7 Å². The third-order valence-corrected chi connectivity index (χ3v) is 7.85. The Labute approximate surface area is 189 Å². The Kier molecular flexibility index (Phi) is 6.44. The number of fused-ring (bicyclic) bond motifs is 1. The number of hydrogen-bond donors (Lipinski definition) is 1. The van der Waals surface area contributed by atoms with Crippen molar-refractivity contribution in [2.24, 2.45) is 0 Å². The van der Waals surface area contributed by atoms with Crippen LogP contribution in [0.1, 0.15) is 54.6 Å². The Morgan fingerprint density at radius 3 is 2.66 bits per heavy atom. The molecule has 4 rings (SSSR count). The van der Waals surface area contributed by atoms with Gasteiger partial charge in [0.25, 0.3) is 5.91 Å². The van der Waals surface area contributed by atoms with Crippen LogP contribution < -0.4 is 14.8 Å². The van der Waals surface area contributed by atoms with E-state index >= 15 is 0 Å². The molecule has 172 valence electrons. The van der Waals surface area contributed by atoms with Gasteiger partial charge in [-0.25, -0.2) is 8.42 Å². The number of nitrogens with zero attached hydrogens (tertiary/aromatic N) is 1.